The SMILES string of the molecule is CCCCN(O)CC(CC)N(O)CCCC. The van der Waals surface area contributed by atoms with E-state index in [1.54, 1.807) is 0 Å². The molecule has 98 valence electrons. The molecule has 0 radical (unpaired) electrons. The zero-order chi connectivity index (χ0) is 12.4. The number of rotatable bonds is 10. The van der Waals surface area contributed by atoms with Crippen LogP contribution in [0.4, 0.5) is 0 Å². The third-order valence-electron chi connectivity index (χ3n) is 2.82. The van der Waals surface area contributed by atoms with Crippen molar-refractivity contribution in [2.45, 2.75) is 58.9 Å². The lowest BCUT2D eigenvalue weighted by Gasteiger charge is -2.28. The highest BCUT2D eigenvalue weighted by Gasteiger charge is 2.16. The molecule has 0 aromatic carbocycles. The van der Waals surface area contributed by atoms with Gasteiger partial charge in [0.15, 0.2) is 0 Å². The van der Waals surface area contributed by atoms with Crippen molar-refractivity contribution in [3.05, 3.63) is 0 Å². The van der Waals surface area contributed by atoms with Gasteiger partial charge in [-0.1, -0.05) is 33.6 Å². The summed E-state index contributed by atoms with van der Waals surface area (Å²) < 4.78 is 0. The Labute approximate surface area is 99.8 Å². The zero-order valence-electron chi connectivity index (χ0n) is 11.0. The number of unbranched alkanes of at least 4 members (excludes halogenated alkanes) is 2. The van der Waals surface area contributed by atoms with E-state index in [4.69, 9.17) is 0 Å². The lowest BCUT2D eigenvalue weighted by atomic mass is 10.2. The van der Waals surface area contributed by atoms with Crippen LogP contribution < -0.4 is 0 Å². The fourth-order valence-electron chi connectivity index (χ4n) is 1.61. The third-order valence-corrected chi connectivity index (χ3v) is 2.82. The Morgan fingerprint density at radius 1 is 0.938 bits per heavy atom. The second kappa shape index (κ2) is 10.0. The number of hydrogen-bond acceptors (Lipinski definition) is 4. The van der Waals surface area contributed by atoms with Gasteiger partial charge in [0.1, 0.15) is 0 Å². The Kier molecular flexibility index (Phi) is 9.92. The minimum Gasteiger partial charge on any atom is -0.314 e. The summed E-state index contributed by atoms with van der Waals surface area (Å²) >= 11 is 0. The standard InChI is InChI=1S/C12H28N2O2/c1-4-7-9-13(15)11-12(6-3)14(16)10-8-5-2/h12,15-16H,4-11H2,1-3H3. The summed E-state index contributed by atoms with van der Waals surface area (Å²) in [5, 5.41) is 22.2. The van der Waals surface area contributed by atoms with E-state index in [-0.39, 0.29) is 6.04 Å². The molecule has 0 fully saturated rings. The molecule has 0 aliphatic rings. The Bertz CT molecular complexity index is 156. The quantitative estimate of drug-likeness (QED) is 0.569. The molecule has 0 heterocycles. The van der Waals surface area contributed by atoms with Gasteiger partial charge in [0.2, 0.25) is 0 Å². The van der Waals surface area contributed by atoms with E-state index in [9.17, 15) is 10.4 Å². The number of nitrogens with zero attached hydrogens (tertiary/aromatic N) is 2. The largest absolute Gasteiger partial charge is 0.314 e. The first-order chi connectivity index (χ1) is 7.65. The molecule has 4 heteroatoms. The maximum Gasteiger partial charge on any atom is 0.0497 e. The maximum absolute atomic E-state index is 9.81. The molecule has 0 rings (SSSR count). The first-order valence-corrected chi connectivity index (χ1v) is 6.54. The Hall–Kier alpha value is -0.160. The lowest BCUT2D eigenvalue weighted by molar-refractivity contribution is -0.169. The van der Waals surface area contributed by atoms with Gasteiger partial charge in [-0.15, -0.1) is 0 Å². The molecule has 0 aromatic heterocycles. The number of hydroxylamine groups is 4. The van der Waals surface area contributed by atoms with Crippen molar-refractivity contribution in [3.8, 4) is 0 Å². The summed E-state index contributed by atoms with van der Waals surface area (Å²) in [6, 6.07) is 0.0356. The fourth-order valence-corrected chi connectivity index (χ4v) is 1.61. The monoisotopic (exact) mass is 232 g/mol. The summed E-state index contributed by atoms with van der Waals surface area (Å²) in [5.74, 6) is 0. The van der Waals surface area contributed by atoms with Gasteiger partial charge >= 0.3 is 0 Å². The van der Waals surface area contributed by atoms with Crippen LogP contribution in [-0.4, -0.2) is 46.2 Å². The predicted octanol–water partition coefficient (Wildman–Crippen LogP) is 2.75. The van der Waals surface area contributed by atoms with Crippen molar-refractivity contribution >= 4 is 0 Å². The van der Waals surface area contributed by atoms with Gasteiger partial charge in [-0.3, -0.25) is 0 Å². The summed E-state index contributed by atoms with van der Waals surface area (Å²) in [6.45, 7) is 8.15. The van der Waals surface area contributed by atoms with Crippen molar-refractivity contribution < 1.29 is 10.4 Å². The minimum absolute atomic E-state index is 0.0356. The molecular formula is C12H28N2O2. The highest BCUT2D eigenvalue weighted by molar-refractivity contribution is 4.66. The van der Waals surface area contributed by atoms with E-state index in [0.717, 1.165) is 32.1 Å². The summed E-state index contributed by atoms with van der Waals surface area (Å²) in [6.07, 6.45) is 4.99. The molecule has 1 atom stereocenters. The lowest BCUT2D eigenvalue weighted by Crippen LogP contribution is -2.41. The molecular weight excluding hydrogens is 204 g/mol. The summed E-state index contributed by atoms with van der Waals surface area (Å²) in [7, 11) is 0. The van der Waals surface area contributed by atoms with Crippen LogP contribution in [0.25, 0.3) is 0 Å². The smallest absolute Gasteiger partial charge is 0.0497 e. The summed E-state index contributed by atoms with van der Waals surface area (Å²) in [4.78, 5) is 0. The van der Waals surface area contributed by atoms with E-state index < -0.39 is 0 Å². The van der Waals surface area contributed by atoms with Crippen molar-refractivity contribution in [1.82, 2.24) is 10.1 Å². The molecule has 0 saturated heterocycles. The van der Waals surface area contributed by atoms with Gasteiger partial charge < -0.3 is 10.4 Å². The molecule has 2 N–H and O–H groups in total. The highest BCUT2D eigenvalue weighted by Crippen LogP contribution is 2.05. The normalized spacial score (nSPS) is 13.7. The van der Waals surface area contributed by atoms with E-state index in [2.05, 4.69) is 13.8 Å². The molecule has 0 spiro atoms. The van der Waals surface area contributed by atoms with Crippen molar-refractivity contribution in [3.63, 3.8) is 0 Å². The summed E-state index contributed by atoms with van der Waals surface area (Å²) in [5.41, 5.74) is 0. The van der Waals surface area contributed by atoms with Gasteiger partial charge in [-0.05, 0) is 19.3 Å². The van der Waals surface area contributed by atoms with Gasteiger partial charge in [-0.25, -0.2) is 0 Å². The Balaban J connectivity index is 3.87. The molecule has 0 saturated carbocycles. The Morgan fingerprint density at radius 3 is 2.00 bits per heavy atom. The molecule has 4 nitrogen and oxygen atoms in total. The molecule has 0 bridgehead atoms. The second-order valence-electron chi connectivity index (χ2n) is 4.34. The van der Waals surface area contributed by atoms with Crippen LogP contribution in [0.1, 0.15) is 52.9 Å². The predicted molar refractivity (Wildman–Crippen MR) is 65.7 cm³/mol. The van der Waals surface area contributed by atoms with Gasteiger partial charge in [0.25, 0.3) is 0 Å². The van der Waals surface area contributed by atoms with Crippen molar-refractivity contribution in [2.75, 3.05) is 19.6 Å². The van der Waals surface area contributed by atoms with Crippen LogP contribution in [0.5, 0.6) is 0 Å². The first kappa shape index (κ1) is 15.8. The van der Waals surface area contributed by atoms with Gasteiger partial charge in [0.05, 0.1) is 0 Å². The van der Waals surface area contributed by atoms with E-state index in [1.807, 2.05) is 6.92 Å². The average molecular weight is 232 g/mol. The highest BCUT2D eigenvalue weighted by atomic mass is 16.5. The van der Waals surface area contributed by atoms with E-state index in [1.165, 1.54) is 10.1 Å². The molecule has 0 aliphatic heterocycles. The zero-order valence-corrected chi connectivity index (χ0v) is 11.0. The third kappa shape index (κ3) is 7.17. The topological polar surface area (TPSA) is 46.9 Å². The molecule has 1 unspecified atom stereocenters. The van der Waals surface area contributed by atoms with Crippen LogP contribution in [0.15, 0.2) is 0 Å². The first-order valence-electron chi connectivity index (χ1n) is 6.54. The van der Waals surface area contributed by atoms with Crippen molar-refractivity contribution in [1.29, 1.82) is 0 Å². The van der Waals surface area contributed by atoms with E-state index >= 15 is 0 Å². The maximum atomic E-state index is 9.81. The molecule has 0 aliphatic carbocycles. The average Bonchev–Trinajstić information content (AvgIpc) is 2.30. The van der Waals surface area contributed by atoms with Gasteiger partial charge in [0, 0.05) is 25.7 Å². The molecule has 16 heavy (non-hydrogen) atoms. The van der Waals surface area contributed by atoms with Crippen LogP contribution in [0.3, 0.4) is 0 Å². The van der Waals surface area contributed by atoms with Crippen molar-refractivity contribution in [2.24, 2.45) is 0 Å². The molecule has 0 aromatic rings. The van der Waals surface area contributed by atoms with E-state index in [0.29, 0.717) is 19.6 Å². The number of hydrogen-bond donors (Lipinski definition) is 2. The van der Waals surface area contributed by atoms with Gasteiger partial charge in [-0.2, -0.15) is 10.1 Å². The second-order valence-corrected chi connectivity index (χ2v) is 4.34. The minimum atomic E-state index is 0.0356. The van der Waals surface area contributed by atoms with Crippen LogP contribution in [-0.2, 0) is 0 Å². The van der Waals surface area contributed by atoms with Crippen LogP contribution in [0, 0.1) is 0 Å². The molecule has 0 amide bonds. The van der Waals surface area contributed by atoms with Crippen LogP contribution in [0.2, 0.25) is 0 Å². The Morgan fingerprint density at radius 2 is 1.50 bits per heavy atom. The fraction of sp³-hybridized carbons (Fsp3) is 1.00. The van der Waals surface area contributed by atoms with Crippen LogP contribution >= 0.6 is 0 Å².